The summed E-state index contributed by atoms with van der Waals surface area (Å²) in [5, 5.41) is 3.52. The predicted molar refractivity (Wildman–Crippen MR) is 79.3 cm³/mol. The van der Waals surface area contributed by atoms with Gasteiger partial charge in [-0.2, -0.15) is 0 Å². The van der Waals surface area contributed by atoms with E-state index in [2.05, 4.69) is 46.4 Å². The average Bonchev–Trinajstić information content (AvgIpc) is 2.40. The summed E-state index contributed by atoms with van der Waals surface area (Å²) in [4.78, 5) is 0. The van der Waals surface area contributed by atoms with Crippen LogP contribution in [0.2, 0.25) is 0 Å². The van der Waals surface area contributed by atoms with Crippen LogP contribution in [0.4, 0.5) is 0 Å². The molecule has 2 nitrogen and oxygen atoms in total. The lowest BCUT2D eigenvalue weighted by atomic mass is 9.78. The Kier molecular flexibility index (Phi) is 5.07. The minimum Gasteiger partial charge on any atom is -0.496 e. The summed E-state index contributed by atoms with van der Waals surface area (Å²) >= 11 is 3.58. The second-order valence-electron chi connectivity index (χ2n) is 5.03. The van der Waals surface area contributed by atoms with Gasteiger partial charge in [0.25, 0.3) is 0 Å². The quantitative estimate of drug-likeness (QED) is 0.909. The van der Waals surface area contributed by atoms with E-state index < -0.39 is 0 Å². The molecule has 0 saturated carbocycles. The zero-order valence-corrected chi connectivity index (χ0v) is 12.8. The molecule has 2 atom stereocenters. The van der Waals surface area contributed by atoms with Crippen LogP contribution in [-0.4, -0.2) is 20.2 Å². The third-order valence-corrected chi connectivity index (χ3v) is 4.35. The molecule has 2 unspecified atom stereocenters. The topological polar surface area (TPSA) is 21.3 Å². The first-order valence-electron chi connectivity index (χ1n) is 6.80. The molecule has 0 amide bonds. The highest BCUT2D eigenvalue weighted by Crippen LogP contribution is 2.39. The predicted octanol–water partition coefficient (Wildman–Crippen LogP) is 3.95. The lowest BCUT2D eigenvalue weighted by Gasteiger charge is -2.33. The van der Waals surface area contributed by atoms with Crippen molar-refractivity contribution < 1.29 is 4.74 Å². The fourth-order valence-electron chi connectivity index (χ4n) is 3.00. The van der Waals surface area contributed by atoms with Crippen LogP contribution >= 0.6 is 15.9 Å². The molecule has 1 fully saturated rings. The van der Waals surface area contributed by atoms with Gasteiger partial charge < -0.3 is 10.1 Å². The smallest absolute Gasteiger partial charge is 0.122 e. The van der Waals surface area contributed by atoms with E-state index in [4.69, 9.17) is 4.74 Å². The summed E-state index contributed by atoms with van der Waals surface area (Å²) in [5.74, 6) is 2.39. The molecule has 1 aromatic rings. The van der Waals surface area contributed by atoms with E-state index in [-0.39, 0.29) is 0 Å². The molecular formula is C15H22BrNO. The SMILES string of the molecule is CCCC1CNCCC1c1cc(Br)ccc1OC. The van der Waals surface area contributed by atoms with Gasteiger partial charge in [-0.3, -0.25) is 0 Å². The molecular weight excluding hydrogens is 290 g/mol. The van der Waals surface area contributed by atoms with E-state index in [1.54, 1.807) is 7.11 Å². The first-order chi connectivity index (χ1) is 8.76. The van der Waals surface area contributed by atoms with E-state index in [1.807, 2.05) is 0 Å². The molecule has 1 heterocycles. The number of benzene rings is 1. The number of hydrogen-bond donors (Lipinski definition) is 1. The van der Waals surface area contributed by atoms with Gasteiger partial charge in [0.2, 0.25) is 0 Å². The zero-order chi connectivity index (χ0) is 13.0. The lowest BCUT2D eigenvalue weighted by Crippen LogP contribution is -2.35. The normalized spacial score (nSPS) is 23.9. The summed E-state index contributed by atoms with van der Waals surface area (Å²) in [6.07, 6.45) is 3.74. The number of ether oxygens (including phenoxy) is 1. The summed E-state index contributed by atoms with van der Waals surface area (Å²) in [6, 6.07) is 6.36. The van der Waals surface area contributed by atoms with Gasteiger partial charge in [-0.25, -0.2) is 0 Å². The Hall–Kier alpha value is -0.540. The number of methoxy groups -OCH3 is 1. The van der Waals surface area contributed by atoms with Crippen molar-refractivity contribution in [2.24, 2.45) is 5.92 Å². The second kappa shape index (κ2) is 6.58. The molecule has 0 spiro atoms. The molecule has 1 saturated heterocycles. The van der Waals surface area contributed by atoms with Crippen molar-refractivity contribution in [1.82, 2.24) is 5.32 Å². The fourth-order valence-corrected chi connectivity index (χ4v) is 3.38. The molecule has 18 heavy (non-hydrogen) atoms. The minimum absolute atomic E-state index is 0.624. The van der Waals surface area contributed by atoms with Crippen LogP contribution in [0, 0.1) is 5.92 Å². The van der Waals surface area contributed by atoms with Gasteiger partial charge in [0.05, 0.1) is 7.11 Å². The molecule has 1 aromatic carbocycles. The molecule has 0 aromatic heterocycles. The summed E-state index contributed by atoms with van der Waals surface area (Å²) in [7, 11) is 1.77. The van der Waals surface area contributed by atoms with Gasteiger partial charge in [0.15, 0.2) is 0 Å². The third-order valence-electron chi connectivity index (χ3n) is 3.86. The molecule has 0 aliphatic carbocycles. The van der Waals surface area contributed by atoms with Crippen molar-refractivity contribution >= 4 is 15.9 Å². The van der Waals surface area contributed by atoms with Crippen LogP contribution in [0.25, 0.3) is 0 Å². The van der Waals surface area contributed by atoms with Gasteiger partial charge in [0.1, 0.15) is 5.75 Å². The lowest BCUT2D eigenvalue weighted by molar-refractivity contribution is 0.298. The Labute approximate surface area is 118 Å². The molecule has 1 N–H and O–H groups in total. The fraction of sp³-hybridized carbons (Fsp3) is 0.600. The zero-order valence-electron chi connectivity index (χ0n) is 11.2. The maximum absolute atomic E-state index is 5.54. The first kappa shape index (κ1) is 13.9. The summed E-state index contributed by atoms with van der Waals surface area (Å²) in [5.41, 5.74) is 1.37. The third kappa shape index (κ3) is 3.07. The average molecular weight is 312 g/mol. The number of nitrogens with one attached hydrogen (secondary N) is 1. The van der Waals surface area contributed by atoms with Crippen molar-refractivity contribution in [3.63, 3.8) is 0 Å². The molecule has 100 valence electrons. The highest BCUT2D eigenvalue weighted by molar-refractivity contribution is 9.10. The van der Waals surface area contributed by atoms with Crippen LogP contribution in [0.1, 0.15) is 37.7 Å². The minimum atomic E-state index is 0.624. The van der Waals surface area contributed by atoms with Crippen LogP contribution in [0.3, 0.4) is 0 Å². The Balaban J connectivity index is 2.29. The van der Waals surface area contributed by atoms with Crippen molar-refractivity contribution in [2.45, 2.75) is 32.1 Å². The number of rotatable bonds is 4. The van der Waals surface area contributed by atoms with E-state index in [0.717, 1.165) is 29.2 Å². The number of piperidine rings is 1. The highest BCUT2D eigenvalue weighted by Gasteiger charge is 2.27. The summed E-state index contributed by atoms with van der Waals surface area (Å²) < 4.78 is 6.68. The van der Waals surface area contributed by atoms with E-state index >= 15 is 0 Å². The van der Waals surface area contributed by atoms with Crippen LogP contribution < -0.4 is 10.1 Å². The Bertz CT molecular complexity index is 392. The maximum atomic E-state index is 5.54. The van der Waals surface area contributed by atoms with E-state index in [0.29, 0.717) is 5.92 Å². The Morgan fingerprint density at radius 2 is 2.28 bits per heavy atom. The molecule has 2 rings (SSSR count). The van der Waals surface area contributed by atoms with E-state index in [1.165, 1.54) is 24.8 Å². The summed E-state index contributed by atoms with van der Waals surface area (Å²) in [6.45, 7) is 4.51. The standard InChI is InChI=1S/C15H22BrNO/c1-3-4-11-10-17-8-7-13(11)14-9-12(16)5-6-15(14)18-2/h5-6,9,11,13,17H,3-4,7-8,10H2,1-2H3. The highest BCUT2D eigenvalue weighted by atomic mass is 79.9. The maximum Gasteiger partial charge on any atom is 0.122 e. The molecule has 0 bridgehead atoms. The number of hydrogen-bond acceptors (Lipinski definition) is 2. The van der Waals surface area contributed by atoms with Crippen molar-refractivity contribution in [3.8, 4) is 5.75 Å². The largest absolute Gasteiger partial charge is 0.496 e. The number of halogens is 1. The van der Waals surface area contributed by atoms with Crippen molar-refractivity contribution in [3.05, 3.63) is 28.2 Å². The van der Waals surface area contributed by atoms with Crippen molar-refractivity contribution in [2.75, 3.05) is 20.2 Å². The van der Waals surface area contributed by atoms with Crippen LogP contribution in [0.5, 0.6) is 5.75 Å². The molecule has 3 heteroatoms. The van der Waals surface area contributed by atoms with E-state index in [9.17, 15) is 0 Å². The Morgan fingerprint density at radius 1 is 1.44 bits per heavy atom. The van der Waals surface area contributed by atoms with Gasteiger partial charge in [-0.05, 0) is 61.5 Å². The first-order valence-corrected chi connectivity index (χ1v) is 7.59. The van der Waals surface area contributed by atoms with Crippen molar-refractivity contribution in [1.29, 1.82) is 0 Å². The van der Waals surface area contributed by atoms with Crippen LogP contribution in [0.15, 0.2) is 22.7 Å². The van der Waals surface area contributed by atoms with Crippen LogP contribution in [-0.2, 0) is 0 Å². The van der Waals surface area contributed by atoms with Gasteiger partial charge in [-0.15, -0.1) is 0 Å². The van der Waals surface area contributed by atoms with Gasteiger partial charge in [-0.1, -0.05) is 29.3 Å². The van der Waals surface area contributed by atoms with Gasteiger partial charge in [0, 0.05) is 4.47 Å². The molecule has 0 radical (unpaired) electrons. The monoisotopic (exact) mass is 311 g/mol. The Morgan fingerprint density at radius 3 is 3.00 bits per heavy atom. The van der Waals surface area contributed by atoms with Gasteiger partial charge >= 0.3 is 0 Å². The molecule has 1 aliphatic heterocycles. The second-order valence-corrected chi connectivity index (χ2v) is 5.95. The molecule has 1 aliphatic rings.